The maximum Gasteiger partial charge on any atom is 0.0476 e. The number of nitrogens with one attached hydrogen (secondary N) is 1. The zero-order valence-corrected chi connectivity index (χ0v) is 12.4. The number of rotatable bonds is 7. The Morgan fingerprint density at radius 3 is 2.74 bits per heavy atom. The molecule has 2 rings (SSSR count). The first-order valence-corrected chi connectivity index (χ1v) is 7.52. The predicted molar refractivity (Wildman–Crippen MR) is 82.5 cm³/mol. The van der Waals surface area contributed by atoms with Crippen LogP contribution < -0.4 is 5.32 Å². The summed E-state index contributed by atoms with van der Waals surface area (Å²) in [5.74, 6) is 0. The second-order valence-corrected chi connectivity index (χ2v) is 5.73. The molecule has 1 N–H and O–H groups in total. The lowest BCUT2D eigenvalue weighted by atomic mass is 10.1. The summed E-state index contributed by atoms with van der Waals surface area (Å²) < 4.78 is 5.09. The van der Waals surface area contributed by atoms with E-state index in [0.29, 0.717) is 6.04 Å². The molecule has 3 heteroatoms. The minimum absolute atomic E-state index is 0.488. The first kappa shape index (κ1) is 14.3. The van der Waals surface area contributed by atoms with Crippen molar-refractivity contribution in [1.29, 1.82) is 0 Å². The van der Waals surface area contributed by atoms with Crippen LogP contribution in [0.3, 0.4) is 0 Å². The van der Waals surface area contributed by atoms with E-state index in [2.05, 4.69) is 54.0 Å². The quantitative estimate of drug-likeness (QED) is 0.826. The van der Waals surface area contributed by atoms with E-state index >= 15 is 0 Å². The molecule has 102 valence electrons. The Bertz CT molecular complexity index is 481. The van der Waals surface area contributed by atoms with E-state index in [1.54, 1.807) is 7.11 Å². The number of thiophene rings is 1. The van der Waals surface area contributed by atoms with Crippen molar-refractivity contribution in [2.75, 3.05) is 13.7 Å². The topological polar surface area (TPSA) is 21.3 Å². The monoisotopic (exact) mass is 275 g/mol. The number of hydrogen-bond donors (Lipinski definition) is 1. The third-order valence-corrected chi connectivity index (χ3v) is 4.08. The summed E-state index contributed by atoms with van der Waals surface area (Å²) in [6.45, 7) is 3.95. The van der Waals surface area contributed by atoms with E-state index in [9.17, 15) is 0 Å². The summed E-state index contributed by atoms with van der Waals surface area (Å²) in [4.78, 5) is 1.38. The predicted octanol–water partition coefficient (Wildman–Crippen LogP) is 3.93. The van der Waals surface area contributed by atoms with E-state index in [1.165, 1.54) is 16.0 Å². The molecule has 1 atom stereocenters. The average molecular weight is 275 g/mol. The third kappa shape index (κ3) is 4.46. The van der Waals surface area contributed by atoms with Crippen molar-refractivity contribution in [2.24, 2.45) is 0 Å². The highest BCUT2D eigenvalue weighted by molar-refractivity contribution is 7.10. The molecule has 2 aromatic rings. The van der Waals surface area contributed by atoms with Gasteiger partial charge in [0.2, 0.25) is 0 Å². The Balaban J connectivity index is 1.88. The van der Waals surface area contributed by atoms with E-state index in [0.717, 1.165) is 19.6 Å². The van der Waals surface area contributed by atoms with Crippen LogP contribution >= 0.6 is 11.3 Å². The molecule has 0 aliphatic heterocycles. The van der Waals surface area contributed by atoms with E-state index in [4.69, 9.17) is 4.74 Å². The van der Waals surface area contributed by atoms with Crippen molar-refractivity contribution in [3.05, 3.63) is 46.7 Å². The van der Waals surface area contributed by atoms with Crippen LogP contribution in [0, 0.1) is 0 Å². The fraction of sp³-hybridized carbons (Fsp3) is 0.375. The molecule has 0 fully saturated rings. The van der Waals surface area contributed by atoms with Crippen LogP contribution in [-0.2, 0) is 11.3 Å². The molecule has 0 spiro atoms. The Hall–Kier alpha value is -1.16. The van der Waals surface area contributed by atoms with Crippen LogP contribution in [-0.4, -0.2) is 19.8 Å². The van der Waals surface area contributed by atoms with Crippen molar-refractivity contribution in [2.45, 2.75) is 25.9 Å². The van der Waals surface area contributed by atoms with Gasteiger partial charge in [-0.2, -0.15) is 0 Å². The zero-order chi connectivity index (χ0) is 13.5. The Labute approximate surface area is 119 Å². The van der Waals surface area contributed by atoms with E-state index < -0.39 is 0 Å². The van der Waals surface area contributed by atoms with Crippen molar-refractivity contribution >= 4 is 11.3 Å². The third-order valence-electron chi connectivity index (χ3n) is 3.14. The highest BCUT2D eigenvalue weighted by atomic mass is 32.1. The molecular formula is C16H21NOS. The molecule has 1 aromatic heterocycles. The van der Waals surface area contributed by atoms with Gasteiger partial charge in [0.25, 0.3) is 0 Å². The largest absolute Gasteiger partial charge is 0.385 e. The summed E-state index contributed by atoms with van der Waals surface area (Å²) in [7, 11) is 1.75. The smallest absolute Gasteiger partial charge is 0.0476 e. The van der Waals surface area contributed by atoms with Crippen molar-refractivity contribution < 1.29 is 4.74 Å². The molecule has 0 aliphatic carbocycles. The van der Waals surface area contributed by atoms with Gasteiger partial charge in [0.1, 0.15) is 0 Å². The molecule has 2 nitrogen and oxygen atoms in total. The first-order valence-electron chi connectivity index (χ1n) is 6.64. The van der Waals surface area contributed by atoms with Crippen LogP contribution in [0.5, 0.6) is 0 Å². The number of hydrogen-bond acceptors (Lipinski definition) is 3. The van der Waals surface area contributed by atoms with E-state index in [1.807, 2.05) is 11.3 Å². The molecule has 1 heterocycles. The zero-order valence-electron chi connectivity index (χ0n) is 11.6. The molecule has 0 radical (unpaired) electrons. The standard InChI is InChI=1S/C16H21NOS/c1-13(8-9-18-2)17-11-16-10-15(12-19-16)14-6-4-3-5-7-14/h3-7,10,12-13,17H,8-9,11H2,1-2H3. The SMILES string of the molecule is COCCC(C)NCc1cc(-c2ccccc2)cs1. The molecule has 1 aromatic carbocycles. The lowest BCUT2D eigenvalue weighted by Gasteiger charge is -2.11. The van der Waals surface area contributed by atoms with Crippen molar-refractivity contribution in [1.82, 2.24) is 5.32 Å². The van der Waals surface area contributed by atoms with Gasteiger partial charge >= 0.3 is 0 Å². The normalized spacial score (nSPS) is 12.5. The number of methoxy groups -OCH3 is 1. The fourth-order valence-corrected chi connectivity index (χ4v) is 2.77. The summed E-state index contributed by atoms with van der Waals surface area (Å²) in [6.07, 6.45) is 1.05. The van der Waals surface area contributed by atoms with Crippen LogP contribution in [0.4, 0.5) is 0 Å². The first-order chi connectivity index (χ1) is 9.29. The van der Waals surface area contributed by atoms with Gasteiger partial charge in [-0.25, -0.2) is 0 Å². The Kier molecular flexibility index (Phi) is 5.58. The van der Waals surface area contributed by atoms with Crippen LogP contribution in [0.25, 0.3) is 11.1 Å². The van der Waals surface area contributed by atoms with Gasteiger partial charge in [0.05, 0.1) is 0 Å². The van der Waals surface area contributed by atoms with Crippen LogP contribution in [0.2, 0.25) is 0 Å². The summed E-state index contributed by atoms with van der Waals surface area (Å²) in [5, 5.41) is 5.76. The second kappa shape index (κ2) is 7.43. The molecular weight excluding hydrogens is 254 g/mol. The van der Waals surface area contributed by atoms with Gasteiger partial charge < -0.3 is 10.1 Å². The number of benzene rings is 1. The minimum Gasteiger partial charge on any atom is -0.385 e. The fourth-order valence-electron chi connectivity index (χ4n) is 1.93. The highest BCUT2D eigenvalue weighted by Crippen LogP contribution is 2.25. The van der Waals surface area contributed by atoms with Gasteiger partial charge in [-0.1, -0.05) is 30.3 Å². The van der Waals surface area contributed by atoms with Gasteiger partial charge in [0.15, 0.2) is 0 Å². The maximum atomic E-state index is 5.09. The van der Waals surface area contributed by atoms with Crippen LogP contribution in [0.15, 0.2) is 41.8 Å². The Morgan fingerprint density at radius 1 is 1.21 bits per heavy atom. The highest BCUT2D eigenvalue weighted by Gasteiger charge is 2.04. The summed E-state index contributed by atoms with van der Waals surface area (Å²) in [6, 6.07) is 13.3. The van der Waals surface area contributed by atoms with Gasteiger partial charge in [-0.05, 0) is 35.9 Å². The van der Waals surface area contributed by atoms with Crippen molar-refractivity contribution in [3.8, 4) is 11.1 Å². The van der Waals surface area contributed by atoms with Gasteiger partial charge in [-0.15, -0.1) is 11.3 Å². The molecule has 1 unspecified atom stereocenters. The Morgan fingerprint density at radius 2 is 2.00 bits per heavy atom. The average Bonchev–Trinajstić information content (AvgIpc) is 2.93. The molecule has 0 saturated heterocycles. The van der Waals surface area contributed by atoms with E-state index in [-0.39, 0.29) is 0 Å². The van der Waals surface area contributed by atoms with Gasteiger partial charge in [0, 0.05) is 31.2 Å². The lowest BCUT2D eigenvalue weighted by Crippen LogP contribution is -2.26. The summed E-state index contributed by atoms with van der Waals surface area (Å²) >= 11 is 1.82. The molecule has 0 saturated carbocycles. The lowest BCUT2D eigenvalue weighted by molar-refractivity contribution is 0.185. The molecule has 0 amide bonds. The summed E-state index contributed by atoms with van der Waals surface area (Å²) in [5.41, 5.74) is 2.60. The molecule has 0 bridgehead atoms. The van der Waals surface area contributed by atoms with Gasteiger partial charge in [-0.3, -0.25) is 0 Å². The minimum atomic E-state index is 0.488. The molecule has 0 aliphatic rings. The molecule has 19 heavy (non-hydrogen) atoms. The number of ether oxygens (including phenoxy) is 1. The van der Waals surface area contributed by atoms with Crippen LogP contribution in [0.1, 0.15) is 18.2 Å². The van der Waals surface area contributed by atoms with Crippen molar-refractivity contribution in [3.63, 3.8) is 0 Å². The maximum absolute atomic E-state index is 5.09. The second-order valence-electron chi connectivity index (χ2n) is 4.73.